The summed E-state index contributed by atoms with van der Waals surface area (Å²) in [6.07, 6.45) is 2.77. The van der Waals surface area contributed by atoms with Crippen molar-refractivity contribution in [2.24, 2.45) is 5.92 Å². The largest absolute Gasteiger partial charge is 0.457 e. The van der Waals surface area contributed by atoms with Crippen LogP contribution < -0.4 is 4.90 Å². The molecule has 0 spiro atoms. The molecular formula is C22H22N6O4S2. The predicted octanol–water partition coefficient (Wildman–Crippen LogP) is 2.64. The molecule has 34 heavy (non-hydrogen) atoms. The van der Waals surface area contributed by atoms with E-state index >= 15 is 0 Å². The molecule has 176 valence electrons. The topological polar surface area (TPSA) is 120 Å². The Morgan fingerprint density at radius 1 is 1.18 bits per heavy atom. The van der Waals surface area contributed by atoms with Gasteiger partial charge in [0.15, 0.2) is 27.4 Å². The molecule has 2 aromatic carbocycles. The molecule has 1 atom stereocenters. The number of nitrogens with zero attached hydrogens (tertiary/aromatic N) is 6. The Kier molecular flexibility index (Phi) is 6.00. The van der Waals surface area contributed by atoms with Gasteiger partial charge in [0.25, 0.3) is 0 Å². The number of tetrazole rings is 1. The van der Waals surface area contributed by atoms with E-state index in [0.717, 1.165) is 41.0 Å². The van der Waals surface area contributed by atoms with Gasteiger partial charge in [-0.15, -0.1) is 5.10 Å². The highest BCUT2D eigenvalue weighted by atomic mass is 32.2. The molecule has 0 aliphatic carbocycles. The summed E-state index contributed by atoms with van der Waals surface area (Å²) in [6, 6.07) is 14.2. The number of piperidine rings is 1. The lowest BCUT2D eigenvalue weighted by molar-refractivity contribution is -0.150. The van der Waals surface area contributed by atoms with Crippen LogP contribution in [0.15, 0.2) is 53.4 Å². The molecule has 2 aromatic heterocycles. The van der Waals surface area contributed by atoms with Gasteiger partial charge in [0.05, 0.1) is 26.7 Å². The van der Waals surface area contributed by atoms with E-state index in [-0.39, 0.29) is 23.4 Å². The molecule has 0 N–H and O–H groups in total. The van der Waals surface area contributed by atoms with Crippen LogP contribution in [-0.2, 0) is 26.0 Å². The van der Waals surface area contributed by atoms with Gasteiger partial charge in [-0.25, -0.2) is 13.4 Å². The average molecular weight is 499 g/mol. The fourth-order valence-corrected chi connectivity index (χ4v) is 5.55. The van der Waals surface area contributed by atoms with Crippen LogP contribution in [0.25, 0.3) is 15.9 Å². The summed E-state index contributed by atoms with van der Waals surface area (Å²) in [5.41, 5.74) is 1.53. The summed E-state index contributed by atoms with van der Waals surface area (Å²) >= 11 is 1.63. The van der Waals surface area contributed by atoms with Crippen molar-refractivity contribution in [3.05, 3.63) is 54.4 Å². The van der Waals surface area contributed by atoms with E-state index in [1.54, 1.807) is 23.5 Å². The van der Waals surface area contributed by atoms with Gasteiger partial charge in [-0.1, -0.05) is 23.5 Å². The summed E-state index contributed by atoms with van der Waals surface area (Å²) < 4.78 is 31.5. The van der Waals surface area contributed by atoms with E-state index in [1.165, 1.54) is 16.8 Å². The number of thiazole rings is 1. The zero-order valence-electron chi connectivity index (χ0n) is 18.4. The number of carbonyl (C=O) groups excluding carboxylic acids is 1. The third kappa shape index (κ3) is 4.64. The Morgan fingerprint density at radius 2 is 1.97 bits per heavy atom. The van der Waals surface area contributed by atoms with E-state index in [1.807, 2.05) is 24.3 Å². The van der Waals surface area contributed by atoms with E-state index in [4.69, 9.17) is 9.72 Å². The first-order valence-corrected chi connectivity index (χ1v) is 13.4. The number of hydrogen-bond donors (Lipinski definition) is 0. The van der Waals surface area contributed by atoms with Crippen LogP contribution in [0.5, 0.6) is 0 Å². The molecule has 1 aliphatic heterocycles. The van der Waals surface area contributed by atoms with E-state index in [2.05, 4.69) is 20.4 Å². The fourth-order valence-electron chi connectivity index (χ4n) is 3.92. The van der Waals surface area contributed by atoms with Gasteiger partial charge in [-0.3, -0.25) is 4.79 Å². The maximum Gasteiger partial charge on any atom is 0.311 e. The third-order valence-electron chi connectivity index (χ3n) is 5.69. The van der Waals surface area contributed by atoms with Crippen molar-refractivity contribution < 1.29 is 17.9 Å². The van der Waals surface area contributed by atoms with Crippen LogP contribution in [0.2, 0.25) is 0 Å². The van der Waals surface area contributed by atoms with E-state index in [9.17, 15) is 13.2 Å². The van der Waals surface area contributed by atoms with Crippen LogP contribution in [0.3, 0.4) is 0 Å². The molecule has 5 rings (SSSR count). The first-order valence-electron chi connectivity index (χ1n) is 10.7. The zero-order valence-corrected chi connectivity index (χ0v) is 20.0. The number of esters is 1. The zero-order chi connectivity index (χ0) is 23.7. The normalized spacial score (nSPS) is 16.6. The van der Waals surface area contributed by atoms with Crippen LogP contribution in [0, 0.1) is 5.92 Å². The van der Waals surface area contributed by atoms with Gasteiger partial charge in [-0.05, 0) is 59.7 Å². The maximum atomic E-state index is 12.8. The van der Waals surface area contributed by atoms with Crippen molar-refractivity contribution in [2.45, 2.75) is 24.3 Å². The van der Waals surface area contributed by atoms with Gasteiger partial charge < -0.3 is 9.64 Å². The monoisotopic (exact) mass is 498 g/mol. The molecule has 12 heteroatoms. The Labute approximate surface area is 200 Å². The van der Waals surface area contributed by atoms with Crippen molar-refractivity contribution in [3.8, 4) is 5.69 Å². The van der Waals surface area contributed by atoms with E-state index < -0.39 is 9.84 Å². The summed E-state index contributed by atoms with van der Waals surface area (Å²) in [5, 5.41) is 12.5. The number of hydrogen-bond acceptors (Lipinski definition) is 10. The van der Waals surface area contributed by atoms with Crippen LogP contribution in [0.4, 0.5) is 5.13 Å². The number of para-hydroxylation sites is 1. The van der Waals surface area contributed by atoms with Crippen molar-refractivity contribution in [3.63, 3.8) is 0 Å². The number of fused-ring (bicyclic) bond motifs is 1. The molecule has 4 aromatic rings. The molecule has 0 amide bonds. The van der Waals surface area contributed by atoms with Crippen molar-refractivity contribution >= 4 is 42.5 Å². The fraction of sp³-hybridized carbons (Fsp3) is 0.318. The first-order chi connectivity index (χ1) is 16.4. The van der Waals surface area contributed by atoms with Crippen molar-refractivity contribution in [1.82, 2.24) is 25.2 Å². The lowest BCUT2D eigenvalue weighted by Gasteiger charge is -2.31. The Bertz CT molecular complexity index is 1400. The highest BCUT2D eigenvalue weighted by Gasteiger charge is 2.29. The van der Waals surface area contributed by atoms with Gasteiger partial charge in [-0.2, -0.15) is 4.68 Å². The Morgan fingerprint density at radius 3 is 2.74 bits per heavy atom. The van der Waals surface area contributed by atoms with Gasteiger partial charge >= 0.3 is 5.97 Å². The second-order valence-electron chi connectivity index (χ2n) is 8.13. The van der Waals surface area contributed by atoms with Crippen LogP contribution in [0.1, 0.15) is 18.7 Å². The molecule has 0 saturated carbocycles. The number of ether oxygens (including phenoxy) is 1. The van der Waals surface area contributed by atoms with Crippen molar-refractivity contribution in [1.29, 1.82) is 0 Å². The standard InChI is InChI=1S/C22H22N6O4S2/c1-34(30,31)17-10-8-16(9-11-17)28-20(24-25-26-28)14-32-21(29)15-5-4-12-27(13-15)22-23-18-6-2-3-7-19(18)33-22/h2-3,6-11,15H,4-5,12-14H2,1H3. The minimum Gasteiger partial charge on any atom is -0.457 e. The summed E-state index contributed by atoms with van der Waals surface area (Å²) in [4.78, 5) is 19.9. The minimum atomic E-state index is -3.30. The molecule has 1 saturated heterocycles. The minimum absolute atomic E-state index is 0.0860. The smallest absolute Gasteiger partial charge is 0.311 e. The number of anilines is 1. The average Bonchev–Trinajstić information content (AvgIpc) is 3.49. The molecule has 3 heterocycles. The molecule has 0 radical (unpaired) electrons. The summed E-state index contributed by atoms with van der Waals surface area (Å²) in [6.45, 7) is 1.32. The molecule has 10 nitrogen and oxygen atoms in total. The van der Waals surface area contributed by atoms with Crippen molar-refractivity contribution in [2.75, 3.05) is 24.2 Å². The van der Waals surface area contributed by atoms with Gasteiger partial charge in [0.2, 0.25) is 0 Å². The van der Waals surface area contributed by atoms with Crippen LogP contribution >= 0.6 is 11.3 Å². The van der Waals surface area contributed by atoms with Gasteiger partial charge in [0, 0.05) is 19.3 Å². The summed E-state index contributed by atoms with van der Waals surface area (Å²) in [5.74, 6) is -0.216. The Balaban J connectivity index is 1.24. The third-order valence-corrected chi connectivity index (χ3v) is 7.92. The lowest BCUT2D eigenvalue weighted by atomic mass is 9.99. The quantitative estimate of drug-likeness (QED) is 0.369. The molecule has 0 bridgehead atoms. The highest BCUT2D eigenvalue weighted by molar-refractivity contribution is 7.90. The molecule has 1 fully saturated rings. The van der Waals surface area contributed by atoms with E-state index in [0.29, 0.717) is 18.1 Å². The van der Waals surface area contributed by atoms with Crippen LogP contribution in [-0.4, -0.2) is 58.9 Å². The second-order valence-corrected chi connectivity index (χ2v) is 11.2. The SMILES string of the molecule is CS(=O)(=O)c1ccc(-n2nnnc2COC(=O)C2CCCN(c3nc4ccccc4s3)C2)cc1. The highest BCUT2D eigenvalue weighted by Crippen LogP contribution is 2.31. The predicted molar refractivity (Wildman–Crippen MR) is 127 cm³/mol. The number of carbonyl (C=O) groups is 1. The number of benzene rings is 2. The van der Waals surface area contributed by atoms with Gasteiger partial charge in [0.1, 0.15) is 0 Å². The molecule has 1 aliphatic rings. The number of aromatic nitrogens is 5. The number of rotatable bonds is 6. The molecular weight excluding hydrogens is 476 g/mol. The Hall–Kier alpha value is -3.38. The summed E-state index contributed by atoms with van der Waals surface area (Å²) in [7, 11) is -3.30. The lowest BCUT2D eigenvalue weighted by Crippen LogP contribution is -2.39. The number of sulfone groups is 1. The first kappa shape index (κ1) is 22.4. The molecule has 1 unspecified atom stereocenters. The second kappa shape index (κ2) is 9.11. The maximum absolute atomic E-state index is 12.8.